The van der Waals surface area contributed by atoms with Crippen LogP contribution in [0.4, 0.5) is 0 Å². The van der Waals surface area contributed by atoms with Crippen molar-refractivity contribution < 1.29 is 9.90 Å². The summed E-state index contributed by atoms with van der Waals surface area (Å²) in [4.78, 5) is 10.8. The lowest BCUT2D eigenvalue weighted by Crippen LogP contribution is -2.21. The largest absolute Gasteiger partial charge is 0.480 e. The monoisotopic (exact) mass is 289 g/mol. The quantitative estimate of drug-likeness (QED) is 0.771. The van der Waals surface area contributed by atoms with E-state index in [9.17, 15) is 4.79 Å². The third kappa shape index (κ3) is 1.55. The average molecular weight is 289 g/mol. The first kappa shape index (κ1) is 8.96. The summed E-state index contributed by atoms with van der Waals surface area (Å²) in [5.41, 5.74) is 1.99. The van der Waals surface area contributed by atoms with Crippen LogP contribution in [0.3, 0.4) is 0 Å². The van der Waals surface area contributed by atoms with Gasteiger partial charge in [-0.05, 0) is 45.9 Å². The molecule has 0 amide bonds. The average Bonchev–Trinajstić information content (AvgIpc) is 2.46. The lowest BCUT2D eigenvalue weighted by molar-refractivity contribution is -0.139. The summed E-state index contributed by atoms with van der Waals surface area (Å²) in [7, 11) is 0. The van der Waals surface area contributed by atoms with Crippen molar-refractivity contribution in [1.82, 2.24) is 5.32 Å². The topological polar surface area (TPSA) is 49.3 Å². The first-order valence-electron chi connectivity index (χ1n) is 3.93. The first-order chi connectivity index (χ1) is 6.18. The molecule has 0 saturated heterocycles. The number of carboxylic acids is 1. The molecule has 1 unspecified atom stereocenters. The second-order valence-corrected chi connectivity index (χ2v) is 4.24. The summed E-state index contributed by atoms with van der Waals surface area (Å²) in [5, 5.41) is 11.8. The number of halogens is 1. The molecular weight excluding hydrogens is 281 g/mol. The standard InChI is InChI=1S/C9H8INO2/c10-6-2-1-5-4-11-8(9(12)13)7(5)3-6/h1-3,8,11H,4H2,(H,12,13). The Labute approximate surface area is 89.3 Å². The fourth-order valence-electron chi connectivity index (χ4n) is 1.54. The minimum atomic E-state index is -0.805. The van der Waals surface area contributed by atoms with Gasteiger partial charge in [-0.2, -0.15) is 0 Å². The van der Waals surface area contributed by atoms with Crippen LogP contribution < -0.4 is 5.32 Å². The van der Waals surface area contributed by atoms with E-state index < -0.39 is 12.0 Å². The number of carbonyl (C=O) groups is 1. The second kappa shape index (κ2) is 3.26. The lowest BCUT2D eigenvalue weighted by atomic mass is 10.1. The Balaban J connectivity index is 2.46. The van der Waals surface area contributed by atoms with E-state index in [-0.39, 0.29) is 0 Å². The fraction of sp³-hybridized carbons (Fsp3) is 0.222. The van der Waals surface area contributed by atoms with Gasteiger partial charge in [-0.1, -0.05) is 6.07 Å². The molecule has 0 bridgehead atoms. The maximum absolute atomic E-state index is 10.8. The summed E-state index contributed by atoms with van der Waals surface area (Å²) in [5.74, 6) is -0.805. The highest BCUT2D eigenvalue weighted by Crippen LogP contribution is 2.26. The van der Waals surface area contributed by atoms with E-state index in [1.54, 1.807) is 0 Å². The molecule has 3 nitrogen and oxygen atoms in total. The van der Waals surface area contributed by atoms with Crippen LogP contribution in [-0.2, 0) is 11.3 Å². The molecule has 0 radical (unpaired) electrons. The normalized spacial score (nSPS) is 19.9. The number of rotatable bonds is 1. The number of carboxylic acid groups (broad SMARTS) is 1. The van der Waals surface area contributed by atoms with Gasteiger partial charge in [-0.15, -0.1) is 0 Å². The minimum absolute atomic E-state index is 0.523. The highest BCUT2D eigenvalue weighted by atomic mass is 127. The fourth-order valence-corrected chi connectivity index (χ4v) is 2.05. The van der Waals surface area contributed by atoms with E-state index >= 15 is 0 Å². The third-order valence-electron chi connectivity index (χ3n) is 2.16. The number of hydrogen-bond donors (Lipinski definition) is 2. The summed E-state index contributed by atoms with van der Waals surface area (Å²) < 4.78 is 1.08. The van der Waals surface area contributed by atoms with Crippen LogP contribution in [0.15, 0.2) is 18.2 Å². The predicted octanol–water partition coefficient (Wildman–Crippen LogP) is 1.52. The minimum Gasteiger partial charge on any atom is -0.480 e. The van der Waals surface area contributed by atoms with Crippen molar-refractivity contribution in [1.29, 1.82) is 0 Å². The summed E-state index contributed by atoms with van der Waals surface area (Å²) >= 11 is 2.19. The first-order valence-corrected chi connectivity index (χ1v) is 5.01. The van der Waals surface area contributed by atoms with Crippen LogP contribution in [0.25, 0.3) is 0 Å². The zero-order valence-corrected chi connectivity index (χ0v) is 8.91. The maximum Gasteiger partial charge on any atom is 0.325 e. The Morgan fingerprint density at radius 3 is 3.08 bits per heavy atom. The molecule has 1 atom stereocenters. The SMILES string of the molecule is O=C(O)C1NCc2ccc(I)cc21. The number of hydrogen-bond acceptors (Lipinski definition) is 2. The van der Waals surface area contributed by atoms with Crippen LogP contribution in [0.1, 0.15) is 17.2 Å². The summed E-state index contributed by atoms with van der Waals surface area (Å²) in [6.07, 6.45) is 0. The highest BCUT2D eigenvalue weighted by molar-refractivity contribution is 14.1. The van der Waals surface area contributed by atoms with Crippen molar-refractivity contribution in [2.75, 3.05) is 0 Å². The molecule has 13 heavy (non-hydrogen) atoms. The molecule has 1 aromatic carbocycles. The number of aliphatic carboxylic acids is 1. The molecule has 2 N–H and O–H groups in total. The Bertz CT molecular complexity index is 365. The molecule has 68 valence electrons. The van der Waals surface area contributed by atoms with E-state index in [4.69, 9.17) is 5.11 Å². The van der Waals surface area contributed by atoms with Gasteiger partial charge in [0.1, 0.15) is 6.04 Å². The molecule has 0 saturated carbocycles. The van der Waals surface area contributed by atoms with Crippen molar-refractivity contribution >= 4 is 28.6 Å². The molecule has 1 aliphatic rings. The molecule has 0 fully saturated rings. The molecule has 4 heteroatoms. The Kier molecular flexibility index (Phi) is 2.25. The molecule has 1 aliphatic heterocycles. The second-order valence-electron chi connectivity index (χ2n) is 3.00. The van der Waals surface area contributed by atoms with E-state index in [0.717, 1.165) is 14.7 Å². The van der Waals surface area contributed by atoms with E-state index in [2.05, 4.69) is 27.9 Å². The predicted molar refractivity (Wildman–Crippen MR) is 56.4 cm³/mol. The molecule has 0 aliphatic carbocycles. The van der Waals surface area contributed by atoms with Gasteiger partial charge < -0.3 is 5.11 Å². The van der Waals surface area contributed by atoms with Crippen molar-refractivity contribution in [3.63, 3.8) is 0 Å². The zero-order chi connectivity index (χ0) is 9.42. The molecule has 0 aromatic heterocycles. The number of benzene rings is 1. The van der Waals surface area contributed by atoms with Crippen molar-refractivity contribution in [2.24, 2.45) is 0 Å². The molecule has 1 heterocycles. The maximum atomic E-state index is 10.8. The van der Waals surface area contributed by atoms with Crippen LogP contribution in [0, 0.1) is 3.57 Å². The van der Waals surface area contributed by atoms with Crippen LogP contribution in [0.2, 0.25) is 0 Å². The zero-order valence-electron chi connectivity index (χ0n) is 6.75. The van der Waals surface area contributed by atoms with Crippen molar-refractivity contribution in [3.05, 3.63) is 32.9 Å². The van der Waals surface area contributed by atoms with Crippen LogP contribution >= 0.6 is 22.6 Å². The number of fused-ring (bicyclic) bond motifs is 1. The Morgan fingerprint density at radius 1 is 1.62 bits per heavy atom. The van der Waals surface area contributed by atoms with Crippen molar-refractivity contribution in [3.8, 4) is 0 Å². The van der Waals surface area contributed by atoms with Gasteiger partial charge in [0.25, 0.3) is 0 Å². The van der Waals surface area contributed by atoms with Gasteiger partial charge in [-0.3, -0.25) is 10.1 Å². The van der Waals surface area contributed by atoms with Gasteiger partial charge in [0.05, 0.1) is 0 Å². The Morgan fingerprint density at radius 2 is 2.38 bits per heavy atom. The van der Waals surface area contributed by atoms with Crippen molar-refractivity contribution in [2.45, 2.75) is 12.6 Å². The van der Waals surface area contributed by atoms with E-state index in [1.165, 1.54) is 0 Å². The van der Waals surface area contributed by atoms with Gasteiger partial charge >= 0.3 is 5.97 Å². The molecule has 1 aromatic rings. The number of nitrogens with one attached hydrogen (secondary N) is 1. The lowest BCUT2D eigenvalue weighted by Gasteiger charge is -2.05. The smallest absolute Gasteiger partial charge is 0.325 e. The molecule has 2 rings (SSSR count). The summed E-state index contributed by atoms with van der Waals surface area (Å²) in [6, 6.07) is 5.37. The summed E-state index contributed by atoms with van der Waals surface area (Å²) in [6.45, 7) is 0.656. The molecular formula is C9H8INO2. The van der Waals surface area contributed by atoms with Gasteiger partial charge in [0, 0.05) is 10.1 Å². The Hall–Kier alpha value is -0.620. The molecule has 0 spiro atoms. The van der Waals surface area contributed by atoms with Gasteiger partial charge in [0.15, 0.2) is 0 Å². The highest BCUT2D eigenvalue weighted by Gasteiger charge is 2.27. The van der Waals surface area contributed by atoms with Gasteiger partial charge in [0.2, 0.25) is 0 Å². The van der Waals surface area contributed by atoms with Crippen LogP contribution in [-0.4, -0.2) is 11.1 Å². The third-order valence-corrected chi connectivity index (χ3v) is 2.83. The van der Waals surface area contributed by atoms with E-state index in [0.29, 0.717) is 6.54 Å². The van der Waals surface area contributed by atoms with E-state index in [1.807, 2.05) is 18.2 Å². The van der Waals surface area contributed by atoms with Gasteiger partial charge in [-0.25, -0.2) is 0 Å². The van der Waals surface area contributed by atoms with Crippen LogP contribution in [0.5, 0.6) is 0 Å².